The number of hydrogen-bond acceptors (Lipinski definition) is 2. The fourth-order valence-electron chi connectivity index (χ4n) is 0.705. The highest BCUT2D eigenvalue weighted by molar-refractivity contribution is 9.11. The molecular weight excluding hydrogens is 314 g/mol. The monoisotopic (exact) mass is 316 g/mol. The van der Waals surface area contributed by atoms with Crippen LogP contribution in [0.4, 0.5) is 8.78 Å². The van der Waals surface area contributed by atoms with Gasteiger partial charge in [0.2, 0.25) is 0 Å². The molecule has 0 amide bonds. The summed E-state index contributed by atoms with van der Waals surface area (Å²) in [5.41, 5.74) is 0. The van der Waals surface area contributed by atoms with E-state index in [-0.39, 0.29) is 11.5 Å². The van der Waals surface area contributed by atoms with Crippen molar-refractivity contribution in [3.8, 4) is 11.5 Å². The van der Waals surface area contributed by atoms with Gasteiger partial charge in [-0.15, -0.1) is 0 Å². The number of rotatable bonds is 2. The minimum atomic E-state index is -2.91. The summed E-state index contributed by atoms with van der Waals surface area (Å²) in [7, 11) is 0. The van der Waals surface area contributed by atoms with E-state index in [4.69, 9.17) is 5.11 Å². The van der Waals surface area contributed by atoms with Crippen LogP contribution in [-0.4, -0.2) is 11.7 Å². The smallest absolute Gasteiger partial charge is 0.387 e. The molecule has 0 radical (unpaired) electrons. The van der Waals surface area contributed by atoms with Crippen LogP contribution in [0.15, 0.2) is 21.1 Å². The highest BCUT2D eigenvalue weighted by Gasteiger charge is 2.11. The lowest BCUT2D eigenvalue weighted by Crippen LogP contribution is -2.02. The first kappa shape index (κ1) is 10.7. The van der Waals surface area contributed by atoms with E-state index < -0.39 is 6.61 Å². The molecule has 0 atom stereocenters. The predicted octanol–water partition coefficient (Wildman–Crippen LogP) is 3.52. The average molecular weight is 318 g/mol. The molecule has 0 aliphatic carbocycles. The number of phenolic OH excluding ortho intramolecular Hbond substituents is 1. The van der Waals surface area contributed by atoms with Gasteiger partial charge in [0.05, 0.1) is 8.95 Å². The van der Waals surface area contributed by atoms with Crippen LogP contribution in [0, 0.1) is 0 Å². The molecule has 0 aliphatic rings. The van der Waals surface area contributed by atoms with Gasteiger partial charge in [0.1, 0.15) is 11.5 Å². The Morgan fingerprint density at radius 3 is 2.38 bits per heavy atom. The van der Waals surface area contributed by atoms with Gasteiger partial charge in [0.25, 0.3) is 0 Å². The minimum absolute atomic E-state index is 0.101. The molecule has 0 unspecified atom stereocenters. The van der Waals surface area contributed by atoms with Gasteiger partial charge in [0, 0.05) is 6.07 Å². The Morgan fingerprint density at radius 2 is 1.85 bits per heavy atom. The zero-order valence-corrected chi connectivity index (χ0v) is 9.27. The number of phenols is 1. The van der Waals surface area contributed by atoms with Crippen molar-refractivity contribution >= 4 is 31.9 Å². The average Bonchev–Trinajstić information content (AvgIpc) is 1.99. The summed E-state index contributed by atoms with van der Waals surface area (Å²) in [6, 6.07) is 2.52. The first-order valence-corrected chi connectivity index (χ1v) is 4.72. The molecule has 1 aromatic rings. The van der Waals surface area contributed by atoms with Gasteiger partial charge in [0.15, 0.2) is 0 Å². The summed E-state index contributed by atoms with van der Waals surface area (Å²) in [4.78, 5) is 0. The van der Waals surface area contributed by atoms with E-state index in [0.29, 0.717) is 8.95 Å². The van der Waals surface area contributed by atoms with Crippen LogP contribution in [0.1, 0.15) is 0 Å². The van der Waals surface area contributed by atoms with Crippen molar-refractivity contribution in [2.45, 2.75) is 6.61 Å². The summed E-state index contributed by atoms with van der Waals surface area (Å²) >= 11 is 6.03. The summed E-state index contributed by atoms with van der Waals surface area (Å²) in [5, 5.41) is 9.14. The van der Waals surface area contributed by atoms with Crippen LogP contribution < -0.4 is 4.74 Å². The SMILES string of the molecule is Oc1cc(OC(F)F)c(Br)cc1Br. The molecule has 6 heteroatoms. The molecule has 72 valence electrons. The van der Waals surface area contributed by atoms with E-state index in [2.05, 4.69) is 36.6 Å². The highest BCUT2D eigenvalue weighted by Crippen LogP contribution is 2.35. The van der Waals surface area contributed by atoms with Crippen LogP contribution in [0.3, 0.4) is 0 Å². The summed E-state index contributed by atoms with van der Waals surface area (Å²) in [6.45, 7) is -2.91. The summed E-state index contributed by atoms with van der Waals surface area (Å²) in [6.07, 6.45) is 0. The van der Waals surface area contributed by atoms with E-state index in [1.54, 1.807) is 0 Å². The Kier molecular flexibility index (Phi) is 3.49. The molecule has 13 heavy (non-hydrogen) atoms. The molecule has 0 heterocycles. The van der Waals surface area contributed by atoms with Gasteiger partial charge in [-0.05, 0) is 37.9 Å². The van der Waals surface area contributed by atoms with Crippen LogP contribution >= 0.6 is 31.9 Å². The van der Waals surface area contributed by atoms with Crippen molar-refractivity contribution in [1.29, 1.82) is 0 Å². The van der Waals surface area contributed by atoms with Crippen LogP contribution in [0.2, 0.25) is 0 Å². The molecule has 1 rings (SSSR count). The number of halogens is 4. The Hall–Kier alpha value is -0.360. The zero-order chi connectivity index (χ0) is 10.0. The van der Waals surface area contributed by atoms with Gasteiger partial charge < -0.3 is 9.84 Å². The van der Waals surface area contributed by atoms with E-state index in [1.165, 1.54) is 6.07 Å². The fraction of sp³-hybridized carbons (Fsp3) is 0.143. The molecule has 1 aromatic carbocycles. The van der Waals surface area contributed by atoms with Gasteiger partial charge in [-0.2, -0.15) is 8.78 Å². The van der Waals surface area contributed by atoms with Crippen molar-refractivity contribution in [3.05, 3.63) is 21.1 Å². The highest BCUT2D eigenvalue weighted by atomic mass is 79.9. The molecule has 0 spiro atoms. The molecule has 0 saturated heterocycles. The van der Waals surface area contributed by atoms with E-state index in [1.807, 2.05) is 0 Å². The maximum atomic E-state index is 11.8. The van der Waals surface area contributed by atoms with Crippen molar-refractivity contribution in [3.63, 3.8) is 0 Å². The van der Waals surface area contributed by atoms with Crippen molar-refractivity contribution in [2.75, 3.05) is 0 Å². The third-order valence-corrected chi connectivity index (χ3v) is 2.47. The van der Waals surface area contributed by atoms with E-state index in [0.717, 1.165) is 6.07 Å². The Labute approximate surface area is 89.8 Å². The Bertz CT molecular complexity index is 318. The maximum Gasteiger partial charge on any atom is 0.387 e. The second-order valence-electron chi connectivity index (χ2n) is 2.11. The lowest BCUT2D eigenvalue weighted by molar-refractivity contribution is -0.0504. The second-order valence-corrected chi connectivity index (χ2v) is 3.82. The largest absolute Gasteiger partial charge is 0.507 e. The van der Waals surface area contributed by atoms with Crippen LogP contribution in [0.5, 0.6) is 11.5 Å². The number of ether oxygens (including phenoxy) is 1. The summed E-state index contributed by atoms with van der Waals surface area (Å²) < 4.78 is 28.5. The van der Waals surface area contributed by atoms with Crippen molar-refractivity contribution < 1.29 is 18.6 Å². The summed E-state index contributed by atoms with van der Waals surface area (Å²) in [5.74, 6) is -0.255. The van der Waals surface area contributed by atoms with Gasteiger partial charge >= 0.3 is 6.61 Å². The number of aromatic hydroxyl groups is 1. The third-order valence-electron chi connectivity index (χ3n) is 1.22. The fourth-order valence-corrected chi connectivity index (χ4v) is 1.79. The van der Waals surface area contributed by atoms with Crippen molar-refractivity contribution in [1.82, 2.24) is 0 Å². The standard InChI is InChI=1S/C7H4Br2F2O2/c8-3-1-4(9)6(2-5(3)12)13-7(10)11/h1-2,7,12H. The Morgan fingerprint density at radius 1 is 1.23 bits per heavy atom. The molecule has 1 N–H and O–H groups in total. The topological polar surface area (TPSA) is 29.5 Å². The molecule has 0 aromatic heterocycles. The molecular formula is C7H4Br2F2O2. The zero-order valence-electron chi connectivity index (χ0n) is 6.10. The molecule has 0 aliphatic heterocycles. The Balaban J connectivity index is 3.01. The van der Waals surface area contributed by atoms with E-state index in [9.17, 15) is 8.78 Å². The molecule has 0 fully saturated rings. The molecule has 0 saturated carbocycles. The lowest BCUT2D eigenvalue weighted by atomic mass is 10.3. The first-order valence-electron chi connectivity index (χ1n) is 3.13. The normalized spacial score (nSPS) is 10.5. The quantitative estimate of drug-likeness (QED) is 0.904. The van der Waals surface area contributed by atoms with Gasteiger partial charge in [-0.25, -0.2) is 0 Å². The number of alkyl halides is 2. The van der Waals surface area contributed by atoms with Gasteiger partial charge in [-0.3, -0.25) is 0 Å². The third kappa shape index (κ3) is 2.80. The van der Waals surface area contributed by atoms with Crippen molar-refractivity contribution in [2.24, 2.45) is 0 Å². The minimum Gasteiger partial charge on any atom is -0.507 e. The maximum absolute atomic E-state index is 11.8. The molecule has 2 nitrogen and oxygen atoms in total. The van der Waals surface area contributed by atoms with Crippen LogP contribution in [-0.2, 0) is 0 Å². The lowest BCUT2D eigenvalue weighted by Gasteiger charge is -2.07. The van der Waals surface area contributed by atoms with Crippen LogP contribution in [0.25, 0.3) is 0 Å². The van der Waals surface area contributed by atoms with Gasteiger partial charge in [-0.1, -0.05) is 0 Å². The van der Waals surface area contributed by atoms with E-state index >= 15 is 0 Å². The number of benzene rings is 1. The molecule has 0 bridgehead atoms. The predicted molar refractivity (Wildman–Crippen MR) is 50.1 cm³/mol. The first-order chi connectivity index (χ1) is 6.00. The number of hydrogen-bond donors (Lipinski definition) is 1. The second kappa shape index (κ2) is 4.23.